The first-order valence-corrected chi connectivity index (χ1v) is 25.3. The Kier molecular flexibility index (Phi) is 45.5. The minimum atomic E-state index is -1.07. The van der Waals surface area contributed by atoms with Crippen molar-refractivity contribution >= 4 is 5.91 Å². The maximum atomic E-state index is 12.5. The molecule has 3 unspecified atom stereocenters. The second-order valence-electron chi connectivity index (χ2n) is 17.7. The van der Waals surface area contributed by atoms with Gasteiger partial charge < -0.3 is 20.6 Å². The van der Waals surface area contributed by atoms with Crippen LogP contribution in [0.25, 0.3) is 0 Å². The second-order valence-corrected chi connectivity index (χ2v) is 17.7. The molecular weight excluding hydrogens is 679 g/mol. The number of aliphatic hydroxyl groups is 3. The van der Waals surface area contributed by atoms with Crippen LogP contribution in [0.15, 0.2) is 0 Å². The van der Waals surface area contributed by atoms with Gasteiger partial charge >= 0.3 is 0 Å². The van der Waals surface area contributed by atoms with E-state index in [0.717, 1.165) is 32.1 Å². The lowest BCUT2D eigenvalue weighted by molar-refractivity contribution is -0.131. The highest BCUT2D eigenvalue weighted by molar-refractivity contribution is 5.80. The highest BCUT2D eigenvalue weighted by atomic mass is 16.3. The van der Waals surface area contributed by atoms with Crippen LogP contribution in [0.5, 0.6) is 0 Å². The van der Waals surface area contributed by atoms with Gasteiger partial charge in [-0.1, -0.05) is 277 Å². The van der Waals surface area contributed by atoms with Crippen molar-refractivity contribution in [2.75, 3.05) is 6.61 Å². The summed E-state index contributed by atoms with van der Waals surface area (Å²) in [5, 5.41) is 33.3. The Labute approximate surface area is 345 Å². The van der Waals surface area contributed by atoms with Crippen molar-refractivity contribution in [3.8, 4) is 0 Å². The molecule has 55 heavy (non-hydrogen) atoms. The van der Waals surface area contributed by atoms with Gasteiger partial charge in [-0.05, 0) is 12.8 Å². The zero-order valence-corrected chi connectivity index (χ0v) is 37.6. The summed E-state index contributed by atoms with van der Waals surface area (Å²) in [7, 11) is 0. The highest BCUT2D eigenvalue weighted by Gasteiger charge is 2.23. The van der Waals surface area contributed by atoms with Crippen molar-refractivity contribution in [1.82, 2.24) is 5.32 Å². The summed E-state index contributed by atoms with van der Waals surface area (Å²) >= 11 is 0. The van der Waals surface area contributed by atoms with Crippen molar-refractivity contribution in [3.05, 3.63) is 0 Å². The fourth-order valence-corrected chi connectivity index (χ4v) is 8.25. The van der Waals surface area contributed by atoms with Gasteiger partial charge in [0.05, 0.1) is 18.8 Å². The van der Waals surface area contributed by atoms with Crippen LogP contribution >= 0.6 is 0 Å². The molecule has 0 aliphatic heterocycles. The zero-order chi connectivity index (χ0) is 40.1. The van der Waals surface area contributed by atoms with Gasteiger partial charge in [-0.25, -0.2) is 0 Å². The van der Waals surface area contributed by atoms with Crippen LogP contribution in [0.1, 0.15) is 290 Å². The number of rotatable bonds is 47. The quantitative estimate of drug-likeness (QED) is 0.0463. The Morgan fingerprint density at radius 1 is 0.364 bits per heavy atom. The molecule has 0 saturated carbocycles. The summed E-state index contributed by atoms with van der Waals surface area (Å²) in [6.45, 7) is 4.24. The van der Waals surface area contributed by atoms with Gasteiger partial charge in [0.1, 0.15) is 6.10 Å². The predicted molar refractivity (Wildman–Crippen MR) is 241 cm³/mol. The van der Waals surface area contributed by atoms with Gasteiger partial charge in [0.2, 0.25) is 5.91 Å². The van der Waals surface area contributed by atoms with Gasteiger partial charge in [0.15, 0.2) is 0 Å². The molecule has 0 aliphatic carbocycles. The number of unbranched alkanes of at least 4 members (excludes halogenated alkanes) is 39. The number of carbonyl (C=O) groups is 1. The summed E-state index contributed by atoms with van der Waals surface area (Å²) in [6, 6.07) is -0.705. The molecule has 0 aromatic carbocycles. The molecule has 5 nitrogen and oxygen atoms in total. The van der Waals surface area contributed by atoms with Crippen molar-refractivity contribution in [3.63, 3.8) is 0 Å². The number of aliphatic hydroxyl groups excluding tert-OH is 3. The van der Waals surface area contributed by atoms with E-state index in [9.17, 15) is 20.1 Å². The van der Waals surface area contributed by atoms with Crippen LogP contribution < -0.4 is 5.32 Å². The lowest BCUT2D eigenvalue weighted by atomic mass is 10.0. The fraction of sp³-hybridized carbons (Fsp3) is 0.980. The number of hydrogen-bond donors (Lipinski definition) is 4. The molecule has 5 heteroatoms. The number of amides is 1. The first kappa shape index (κ1) is 54.3. The topological polar surface area (TPSA) is 89.8 Å². The van der Waals surface area contributed by atoms with Gasteiger partial charge in [-0.15, -0.1) is 0 Å². The molecule has 0 bridgehead atoms. The summed E-state index contributed by atoms with van der Waals surface area (Å²) in [5.74, 6) is -0.465. The van der Waals surface area contributed by atoms with Crippen molar-refractivity contribution in [1.29, 1.82) is 0 Å². The Bertz CT molecular complexity index is 733. The molecule has 1 amide bonds. The normalized spacial score (nSPS) is 13.3. The van der Waals surface area contributed by atoms with Crippen molar-refractivity contribution in [2.45, 2.75) is 308 Å². The first-order chi connectivity index (χ1) is 27.1. The van der Waals surface area contributed by atoms with E-state index < -0.39 is 24.2 Å². The van der Waals surface area contributed by atoms with Gasteiger partial charge in [-0.3, -0.25) is 4.79 Å². The molecule has 0 aromatic rings. The minimum Gasteiger partial charge on any atom is -0.394 e. The van der Waals surface area contributed by atoms with Crippen LogP contribution in [-0.2, 0) is 4.79 Å². The Morgan fingerprint density at radius 2 is 0.582 bits per heavy atom. The lowest BCUT2D eigenvalue weighted by Gasteiger charge is -2.23. The highest BCUT2D eigenvalue weighted by Crippen LogP contribution is 2.18. The molecule has 0 aromatic heterocycles. The third-order valence-electron chi connectivity index (χ3n) is 12.2. The maximum absolute atomic E-state index is 12.5. The molecule has 0 rings (SSSR count). The van der Waals surface area contributed by atoms with E-state index in [0.29, 0.717) is 12.8 Å². The average Bonchev–Trinajstić information content (AvgIpc) is 3.19. The van der Waals surface area contributed by atoms with Gasteiger partial charge in [-0.2, -0.15) is 0 Å². The third kappa shape index (κ3) is 41.3. The second kappa shape index (κ2) is 46.0. The standard InChI is InChI=1S/C50H101NO4/c1-3-5-7-9-11-13-15-16-17-18-19-20-21-22-23-24-25-26-27-28-29-30-31-32-33-35-37-39-41-43-45-49(54)50(55)51-47(46-52)48(53)44-42-40-38-36-34-14-12-10-8-6-4-2/h47-49,52-54H,3-46H2,1-2H3,(H,51,55). The van der Waals surface area contributed by atoms with Crippen molar-refractivity contribution in [2.24, 2.45) is 0 Å². The van der Waals surface area contributed by atoms with Crippen LogP contribution in [0.2, 0.25) is 0 Å². The minimum absolute atomic E-state index is 0.308. The summed E-state index contributed by atoms with van der Waals surface area (Å²) in [5.41, 5.74) is 0. The van der Waals surface area contributed by atoms with Gasteiger partial charge in [0.25, 0.3) is 0 Å². The molecule has 4 N–H and O–H groups in total. The first-order valence-electron chi connectivity index (χ1n) is 25.3. The van der Waals surface area contributed by atoms with E-state index in [2.05, 4.69) is 19.2 Å². The smallest absolute Gasteiger partial charge is 0.249 e. The monoisotopic (exact) mass is 780 g/mol. The van der Waals surface area contributed by atoms with E-state index in [-0.39, 0.29) is 6.61 Å². The molecule has 330 valence electrons. The SMILES string of the molecule is CCCCCCCCCCCCCCCCCCCCCCCCCCCCCCCCC(O)C(=O)NC(CO)C(O)CCCCCCCCCCCCC. The molecular formula is C50H101NO4. The molecule has 0 aliphatic rings. The van der Waals surface area contributed by atoms with E-state index in [1.165, 1.54) is 231 Å². The zero-order valence-electron chi connectivity index (χ0n) is 37.6. The maximum Gasteiger partial charge on any atom is 0.249 e. The summed E-state index contributed by atoms with van der Waals surface area (Å²) in [4.78, 5) is 12.5. The molecule has 0 fully saturated rings. The number of nitrogens with one attached hydrogen (secondary N) is 1. The third-order valence-corrected chi connectivity index (χ3v) is 12.2. The average molecular weight is 780 g/mol. The Hall–Kier alpha value is -0.650. The molecule has 0 saturated heterocycles. The molecule has 0 radical (unpaired) electrons. The van der Waals surface area contributed by atoms with Gasteiger partial charge in [0, 0.05) is 0 Å². The number of carbonyl (C=O) groups excluding carboxylic acids is 1. The summed E-state index contributed by atoms with van der Waals surface area (Å²) in [6.07, 6.45) is 54.3. The molecule has 3 atom stereocenters. The van der Waals surface area contributed by atoms with Crippen LogP contribution in [0.3, 0.4) is 0 Å². The Balaban J connectivity index is 3.43. The van der Waals surface area contributed by atoms with E-state index in [1.54, 1.807) is 0 Å². The van der Waals surface area contributed by atoms with Crippen LogP contribution in [-0.4, -0.2) is 46.1 Å². The van der Waals surface area contributed by atoms with Crippen molar-refractivity contribution < 1.29 is 20.1 Å². The van der Waals surface area contributed by atoms with E-state index in [1.807, 2.05) is 0 Å². The van der Waals surface area contributed by atoms with E-state index in [4.69, 9.17) is 0 Å². The fourth-order valence-electron chi connectivity index (χ4n) is 8.25. The lowest BCUT2D eigenvalue weighted by Crippen LogP contribution is -2.49. The molecule has 0 spiro atoms. The Morgan fingerprint density at radius 3 is 0.818 bits per heavy atom. The van der Waals surface area contributed by atoms with Crippen LogP contribution in [0.4, 0.5) is 0 Å². The van der Waals surface area contributed by atoms with Crippen LogP contribution in [0, 0.1) is 0 Å². The molecule has 0 heterocycles. The predicted octanol–water partition coefficient (Wildman–Crippen LogP) is 15.0. The van der Waals surface area contributed by atoms with E-state index >= 15 is 0 Å². The summed E-state index contributed by atoms with van der Waals surface area (Å²) < 4.78 is 0. The number of hydrogen-bond acceptors (Lipinski definition) is 4. The largest absolute Gasteiger partial charge is 0.394 e.